The molecule has 0 N–H and O–H groups in total. The first-order valence-electron chi connectivity index (χ1n) is 10.1. The molecule has 1 aromatic rings. The minimum atomic E-state index is -0.0418. The lowest BCUT2D eigenvalue weighted by molar-refractivity contribution is -0.883. The van der Waals surface area contributed by atoms with Gasteiger partial charge in [-0.15, -0.1) is 0 Å². The normalized spacial score (nSPS) is 12.1. The molecule has 0 aliphatic carbocycles. The van der Waals surface area contributed by atoms with E-state index in [0.717, 1.165) is 43.3 Å². The van der Waals surface area contributed by atoms with E-state index < -0.39 is 0 Å². The molecule has 0 bridgehead atoms. The van der Waals surface area contributed by atoms with Crippen LogP contribution in [0.25, 0.3) is 5.57 Å². The lowest BCUT2D eigenvalue weighted by Crippen LogP contribution is -3.00. The second-order valence-corrected chi connectivity index (χ2v) is 8.04. The lowest BCUT2D eigenvalue weighted by atomic mass is 10.1. The Morgan fingerprint density at radius 3 is 2.41 bits per heavy atom. The average Bonchev–Trinajstić information content (AvgIpc) is 2.59. The van der Waals surface area contributed by atoms with Crippen LogP contribution in [0.3, 0.4) is 0 Å². The molecule has 0 saturated carbocycles. The number of esters is 1. The molecule has 0 saturated heterocycles. The number of carbonyl (C=O) groups excluding carboxylic acids is 1. The molecule has 1 rings (SSSR count). The van der Waals surface area contributed by atoms with Gasteiger partial charge in [-0.05, 0) is 25.3 Å². The number of ether oxygens (including phenoxy) is 1. The monoisotopic (exact) mass is 439 g/mol. The maximum Gasteiger partial charge on any atom is 0.306 e. The summed E-state index contributed by atoms with van der Waals surface area (Å²) in [7, 11) is 4.47. The van der Waals surface area contributed by atoms with Gasteiger partial charge in [0.15, 0.2) is 0 Å². The van der Waals surface area contributed by atoms with Crippen LogP contribution in [0.1, 0.15) is 64.4 Å². The number of nitrogens with zero attached hydrogens (tertiary/aromatic N) is 1. The summed E-state index contributed by atoms with van der Waals surface area (Å²) in [5.74, 6) is -0.0418. The smallest absolute Gasteiger partial charge is 0.306 e. The topological polar surface area (TPSA) is 26.3 Å². The minimum absolute atomic E-state index is 0. The SMILES string of the molecule is C=C(C[N+](C)(C)CCCC(C)OC(=O)CCCCCC)c1ccccc1.[Br-]. The van der Waals surface area contributed by atoms with Gasteiger partial charge in [0.25, 0.3) is 0 Å². The standard InChI is InChI=1S/C23H38NO2.BrH/c1-6-7-8-12-17-23(25)26-21(3)14-13-18-24(4,5)19-20(2)22-15-10-9-11-16-22;/h9-11,15-16,21H,2,6-8,12-14,17-19H2,1,3-5H3;1H/q+1;/p-1. The van der Waals surface area contributed by atoms with Crippen molar-refractivity contribution in [2.24, 2.45) is 0 Å². The third kappa shape index (κ3) is 12.0. The maximum absolute atomic E-state index is 11.8. The third-order valence-electron chi connectivity index (χ3n) is 4.74. The zero-order chi connectivity index (χ0) is 19.4. The van der Waals surface area contributed by atoms with Gasteiger partial charge >= 0.3 is 5.97 Å². The van der Waals surface area contributed by atoms with E-state index in [9.17, 15) is 4.79 Å². The van der Waals surface area contributed by atoms with Crippen molar-refractivity contribution in [2.75, 3.05) is 27.2 Å². The number of carbonyl (C=O) groups is 1. The van der Waals surface area contributed by atoms with Crippen molar-refractivity contribution in [2.45, 2.75) is 64.9 Å². The number of rotatable bonds is 13. The second-order valence-electron chi connectivity index (χ2n) is 8.04. The summed E-state index contributed by atoms with van der Waals surface area (Å²) >= 11 is 0. The Morgan fingerprint density at radius 1 is 1.11 bits per heavy atom. The van der Waals surface area contributed by atoms with Crippen molar-refractivity contribution in [3.63, 3.8) is 0 Å². The quantitative estimate of drug-likeness (QED) is 0.268. The van der Waals surface area contributed by atoms with Crippen molar-refractivity contribution in [3.05, 3.63) is 42.5 Å². The number of hydrogen-bond acceptors (Lipinski definition) is 2. The van der Waals surface area contributed by atoms with Crippen molar-refractivity contribution in [1.29, 1.82) is 0 Å². The molecule has 154 valence electrons. The summed E-state index contributed by atoms with van der Waals surface area (Å²) < 4.78 is 6.43. The summed E-state index contributed by atoms with van der Waals surface area (Å²) in [6.45, 7) is 10.4. The largest absolute Gasteiger partial charge is 1.00 e. The Kier molecular flexibility index (Phi) is 13.4. The van der Waals surface area contributed by atoms with Crippen LogP contribution in [0.5, 0.6) is 0 Å². The molecule has 27 heavy (non-hydrogen) atoms. The molecule has 0 spiro atoms. The van der Waals surface area contributed by atoms with Gasteiger partial charge in [0.1, 0.15) is 6.54 Å². The van der Waals surface area contributed by atoms with Gasteiger partial charge < -0.3 is 26.2 Å². The molecule has 1 unspecified atom stereocenters. The fraction of sp³-hybridized carbons (Fsp3) is 0.609. The molecule has 1 atom stereocenters. The Bertz CT molecular complexity index is 543. The molecule has 3 nitrogen and oxygen atoms in total. The maximum atomic E-state index is 11.8. The highest BCUT2D eigenvalue weighted by molar-refractivity contribution is 5.69. The first-order chi connectivity index (χ1) is 12.3. The molecule has 4 heteroatoms. The predicted molar refractivity (Wildman–Crippen MR) is 111 cm³/mol. The van der Waals surface area contributed by atoms with Crippen LogP contribution in [-0.4, -0.2) is 43.7 Å². The summed E-state index contributed by atoms with van der Waals surface area (Å²) in [4.78, 5) is 11.8. The summed E-state index contributed by atoms with van der Waals surface area (Å²) in [6, 6.07) is 10.4. The predicted octanol–water partition coefficient (Wildman–Crippen LogP) is 2.46. The number of halogens is 1. The Morgan fingerprint density at radius 2 is 1.78 bits per heavy atom. The summed E-state index contributed by atoms with van der Waals surface area (Å²) in [5.41, 5.74) is 2.38. The highest BCUT2D eigenvalue weighted by atomic mass is 79.9. The van der Waals surface area contributed by atoms with Crippen LogP contribution in [-0.2, 0) is 9.53 Å². The van der Waals surface area contributed by atoms with E-state index in [2.05, 4.69) is 51.9 Å². The van der Waals surface area contributed by atoms with Gasteiger partial charge in [-0.1, -0.05) is 63.1 Å². The molecular formula is C23H38BrNO2. The zero-order valence-corrected chi connectivity index (χ0v) is 19.3. The molecule has 0 aromatic heterocycles. The van der Waals surface area contributed by atoms with Crippen LogP contribution >= 0.6 is 0 Å². The van der Waals surface area contributed by atoms with Gasteiger partial charge in [-0.25, -0.2) is 0 Å². The Balaban J connectivity index is 0.00000676. The molecule has 0 aliphatic rings. The third-order valence-corrected chi connectivity index (χ3v) is 4.74. The molecule has 0 amide bonds. The van der Waals surface area contributed by atoms with E-state index in [1.807, 2.05) is 13.0 Å². The number of hydrogen-bond donors (Lipinski definition) is 0. The summed E-state index contributed by atoms with van der Waals surface area (Å²) in [6.07, 6.45) is 6.98. The van der Waals surface area contributed by atoms with Crippen molar-refractivity contribution in [3.8, 4) is 0 Å². The van der Waals surface area contributed by atoms with E-state index in [0.29, 0.717) is 6.42 Å². The molecule has 0 aliphatic heterocycles. The van der Waals surface area contributed by atoms with Gasteiger partial charge in [-0.2, -0.15) is 0 Å². The Hall–Kier alpha value is -1.13. The van der Waals surface area contributed by atoms with Crippen LogP contribution < -0.4 is 17.0 Å². The second kappa shape index (κ2) is 14.0. The number of quaternary nitrogens is 1. The summed E-state index contributed by atoms with van der Waals surface area (Å²) in [5, 5.41) is 0. The molecule has 1 aromatic carbocycles. The van der Waals surface area contributed by atoms with Crippen molar-refractivity contribution < 1.29 is 31.0 Å². The molecule has 0 heterocycles. The first kappa shape index (κ1) is 25.9. The van der Waals surface area contributed by atoms with Gasteiger partial charge in [0, 0.05) is 18.4 Å². The molecule has 0 fully saturated rings. The van der Waals surface area contributed by atoms with E-state index >= 15 is 0 Å². The fourth-order valence-corrected chi connectivity index (χ4v) is 3.21. The Labute approximate surface area is 177 Å². The number of unbranched alkanes of at least 4 members (excludes halogenated alkanes) is 3. The zero-order valence-electron chi connectivity index (χ0n) is 17.7. The van der Waals surface area contributed by atoms with Gasteiger partial charge in [0.05, 0.1) is 26.7 Å². The molecular weight excluding hydrogens is 402 g/mol. The van der Waals surface area contributed by atoms with Crippen molar-refractivity contribution >= 4 is 11.5 Å². The highest BCUT2D eigenvalue weighted by Gasteiger charge is 2.18. The molecule has 0 radical (unpaired) electrons. The average molecular weight is 440 g/mol. The number of benzene rings is 1. The lowest BCUT2D eigenvalue weighted by Gasteiger charge is -2.31. The van der Waals surface area contributed by atoms with Crippen LogP contribution in [0.4, 0.5) is 0 Å². The van der Waals surface area contributed by atoms with Crippen LogP contribution in [0.2, 0.25) is 0 Å². The van der Waals surface area contributed by atoms with Gasteiger partial charge in [0.2, 0.25) is 0 Å². The van der Waals surface area contributed by atoms with E-state index in [-0.39, 0.29) is 29.1 Å². The van der Waals surface area contributed by atoms with Crippen molar-refractivity contribution in [1.82, 2.24) is 0 Å². The van der Waals surface area contributed by atoms with Crippen LogP contribution in [0, 0.1) is 0 Å². The fourth-order valence-electron chi connectivity index (χ4n) is 3.21. The highest BCUT2D eigenvalue weighted by Crippen LogP contribution is 2.17. The van der Waals surface area contributed by atoms with E-state index in [4.69, 9.17) is 4.74 Å². The van der Waals surface area contributed by atoms with Crippen LogP contribution in [0.15, 0.2) is 36.9 Å². The van der Waals surface area contributed by atoms with E-state index in [1.165, 1.54) is 24.0 Å². The number of likely N-dealkylation sites (N-methyl/N-ethyl adjacent to an activating group) is 1. The minimum Gasteiger partial charge on any atom is -1.00 e. The van der Waals surface area contributed by atoms with E-state index in [1.54, 1.807) is 0 Å². The van der Waals surface area contributed by atoms with Gasteiger partial charge in [-0.3, -0.25) is 4.79 Å². The first-order valence-corrected chi connectivity index (χ1v) is 10.1.